The van der Waals surface area contributed by atoms with E-state index in [1.54, 1.807) is 18.2 Å². The van der Waals surface area contributed by atoms with Gasteiger partial charge in [0.15, 0.2) is 0 Å². The van der Waals surface area contributed by atoms with E-state index in [4.69, 9.17) is 0 Å². The number of carboxylic acid groups (broad SMARTS) is 1. The van der Waals surface area contributed by atoms with E-state index in [2.05, 4.69) is 4.98 Å². The highest BCUT2D eigenvalue weighted by molar-refractivity contribution is 5.93. The third-order valence-corrected chi connectivity index (χ3v) is 2.54. The van der Waals surface area contributed by atoms with Crippen molar-refractivity contribution in [2.45, 2.75) is 13.8 Å². The molecular formula is C11H10NO2-. The maximum absolute atomic E-state index is 10.6. The molecule has 3 nitrogen and oxygen atoms in total. The summed E-state index contributed by atoms with van der Waals surface area (Å²) < 4.78 is 0. The van der Waals surface area contributed by atoms with E-state index >= 15 is 0 Å². The first-order valence-corrected chi connectivity index (χ1v) is 4.40. The van der Waals surface area contributed by atoms with Crippen LogP contribution in [-0.2, 0) is 0 Å². The van der Waals surface area contributed by atoms with Crippen molar-refractivity contribution in [3.8, 4) is 0 Å². The van der Waals surface area contributed by atoms with Crippen LogP contribution in [0.25, 0.3) is 10.9 Å². The lowest BCUT2D eigenvalue weighted by Crippen LogP contribution is -2.21. The van der Waals surface area contributed by atoms with Gasteiger partial charge in [0.2, 0.25) is 0 Å². The Morgan fingerprint density at radius 2 is 2.07 bits per heavy atom. The van der Waals surface area contributed by atoms with E-state index in [0.29, 0.717) is 0 Å². The maximum Gasteiger partial charge on any atom is 0.0716 e. The second-order valence-corrected chi connectivity index (χ2v) is 3.42. The van der Waals surface area contributed by atoms with Gasteiger partial charge in [-0.2, -0.15) is 0 Å². The van der Waals surface area contributed by atoms with Gasteiger partial charge in [0.25, 0.3) is 0 Å². The Morgan fingerprint density at radius 1 is 1.36 bits per heavy atom. The molecule has 0 saturated heterocycles. The number of carbonyl (C=O) groups excluding carboxylic acids is 1. The Labute approximate surface area is 81.4 Å². The molecule has 1 N–H and O–H groups in total. The van der Waals surface area contributed by atoms with Gasteiger partial charge in [-0.1, -0.05) is 12.1 Å². The summed E-state index contributed by atoms with van der Waals surface area (Å²) in [5.74, 6) is -1.14. The van der Waals surface area contributed by atoms with Gasteiger partial charge < -0.3 is 14.9 Å². The quantitative estimate of drug-likeness (QED) is 0.729. The summed E-state index contributed by atoms with van der Waals surface area (Å²) in [6.45, 7) is 3.97. The minimum Gasteiger partial charge on any atom is -0.545 e. The number of aryl methyl sites for hydroxylation is 2. The molecule has 0 amide bonds. The Hall–Kier alpha value is -1.77. The number of carboxylic acids is 1. The smallest absolute Gasteiger partial charge is 0.0716 e. The Morgan fingerprint density at radius 3 is 2.71 bits per heavy atom. The van der Waals surface area contributed by atoms with Crippen LogP contribution < -0.4 is 5.11 Å². The van der Waals surface area contributed by atoms with Crippen molar-refractivity contribution >= 4 is 16.9 Å². The Balaban J connectivity index is 2.73. The average Bonchev–Trinajstić information content (AvgIpc) is 2.42. The standard InChI is InChI=1S/C11H11NO2/c1-6-7(2)12-10-5-8(11(13)14)3-4-9(6)10/h3-5,12H,1-2H3,(H,13,14)/p-1. The topological polar surface area (TPSA) is 55.9 Å². The van der Waals surface area contributed by atoms with Crippen LogP contribution in [0.1, 0.15) is 21.6 Å². The van der Waals surface area contributed by atoms with Crippen LogP contribution in [0.4, 0.5) is 0 Å². The van der Waals surface area contributed by atoms with E-state index in [9.17, 15) is 9.90 Å². The van der Waals surface area contributed by atoms with Gasteiger partial charge in [0.05, 0.1) is 5.97 Å². The first-order valence-electron chi connectivity index (χ1n) is 4.40. The predicted molar refractivity (Wildman–Crippen MR) is 52.1 cm³/mol. The number of aromatic nitrogens is 1. The van der Waals surface area contributed by atoms with E-state index < -0.39 is 5.97 Å². The summed E-state index contributed by atoms with van der Waals surface area (Å²) in [6, 6.07) is 4.97. The first-order chi connectivity index (χ1) is 6.59. The fraction of sp³-hybridized carbons (Fsp3) is 0.182. The van der Waals surface area contributed by atoms with Gasteiger partial charge in [-0.25, -0.2) is 0 Å². The molecule has 3 heteroatoms. The van der Waals surface area contributed by atoms with Crippen LogP contribution >= 0.6 is 0 Å². The fourth-order valence-electron chi connectivity index (χ4n) is 1.60. The molecule has 1 heterocycles. The van der Waals surface area contributed by atoms with Crippen molar-refractivity contribution in [3.63, 3.8) is 0 Å². The summed E-state index contributed by atoms with van der Waals surface area (Å²) in [5, 5.41) is 11.7. The van der Waals surface area contributed by atoms with Crippen molar-refractivity contribution in [1.82, 2.24) is 4.98 Å². The van der Waals surface area contributed by atoms with E-state index in [0.717, 1.165) is 22.2 Å². The summed E-state index contributed by atoms with van der Waals surface area (Å²) in [6.07, 6.45) is 0. The van der Waals surface area contributed by atoms with Crippen LogP contribution in [-0.4, -0.2) is 11.0 Å². The lowest BCUT2D eigenvalue weighted by atomic mass is 10.1. The summed E-state index contributed by atoms with van der Waals surface area (Å²) in [7, 11) is 0. The van der Waals surface area contributed by atoms with Crippen LogP contribution in [0.5, 0.6) is 0 Å². The molecule has 72 valence electrons. The molecule has 14 heavy (non-hydrogen) atoms. The van der Waals surface area contributed by atoms with Crippen molar-refractivity contribution in [1.29, 1.82) is 0 Å². The molecule has 0 aliphatic rings. The number of nitrogens with one attached hydrogen (secondary N) is 1. The lowest BCUT2D eigenvalue weighted by Gasteiger charge is -2.01. The zero-order valence-corrected chi connectivity index (χ0v) is 8.05. The molecule has 1 aromatic carbocycles. The molecule has 0 aliphatic carbocycles. The molecule has 0 spiro atoms. The predicted octanol–water partition coefficient (Wildman–Crippen LogP) is 1.15. The Kier molecular flexibility index (Phi) is 1.81. The fourth-order valence-corrected chi connectivity index (χ4v) is 1.60. The van der Waals surface area contributed by atoms with E-state index in [1.807, 2.05) is 13.8 Å². The van der Waals surface area contributed by atoms with Crippen molar-refractivity contribution in [3.05, 3.63) is 35.0 Å². The van der Waals surface area contributed by atoms with E-state index in [-0.39, 0.29) is 5.56 Å². The molecule has 0 unspecified atom stereocenters. The zero-order chi connectivity index (χ0) is 10.3. The average molecular weight is 188 g/mol. The van der Waals surface area contributed by atoms with Crippen LogP contribution in [0.2, 0.25) is 0 Å². The number of aromatic carboxylic acids is 1. The van der Waals surface area contributed by atoms with Crippen molar-refractivity contribution < 1.29 is 9.90 Å². The lowest BCUT2D eigenvalue weighted by molar-refractivity contribution is -0.255. The second-order valence-electron chi connectivity index (χ2n) is 3.42. The third-order valence-electron chi connectivity index (χ3n) is 2.54. The van der Waals surface area contributed by atoms with Crippen LogP contribution in [0.3, 0.4) is 0 Å². The normalized spacial score (nSPS) is 10.7. The Bertz CT molecular complexity index is 511. The first kappa shape index (κ1) is 8.81. The molecule has 0 atom stereocenters. The number of hydrogen-bond acceptors (Lipinski definition) is 2. The highest BCUT2D eigenvalue weighted by Gasteiger charge is 2.04. The van der Waals surface area contributed by atoms with Gasteiger partial charge >= 0.3 is 0 Å². The van der Waals surface area contributed by atoms with Crippen LogP contribution in [0.15, 0.2) is 18.2 Å². The monoisotopic (exact) mass is 188 g/mol. The molecule has 2 aromatic rings. The number of carbonyl (C=O) groups is 1. The zero-order valence-electron chi connectivity index (χ0n) is 8.05. The molecule has 1 aromatic heterocycles. The highest BCUT2D eigenvalue weighted by atomic mass is 16.4. The summed E-state index contributed by atoms with van der Waals surface area (Å²) >= 11 is 0. The maximum atomic E-state index is 10.6. The third kappa shape index (κ3) is 1.18. The molecular weight excluding hydrogens is 178 g/mol. The number of benzene rings is 1. The molecule has 0 aliphatic heterocycles. The van der Waals surface area contributed by atoms with Crippen molar-refractivity contribution in [2.24, 2.45) is 0 Å². The number of hydrogen-bond donors (Lipinski definition) is 1. The SMILES string of the molecule is Cc1[nH]c2cc(C(=O)[O-])ccc2c1C. The minimum atomic E-state index is -1.14. The molecule has 0 fully saturated rings. The van der Waals surface area contributed by atoms with E-state index in [1.165, 1.54) is 0 Å². The van der Waals surface area contributed by atoms with Gasteiger partial charge in [-0.05, 0) is 31.0 Å². The number of fused-ring (bicyclic) bond motifs is 1. The number of aromatic amines is 1. The summed E-state index contributed by atoms with van der Waals surface area (Å²) in [5.41, 5.74) is 3.28. The minimum absolute atomic E-state index is 0.207. The largest absolute Gasteiger partial charge is 0.545 e. The van der Waals surface area contributed by atoms with Crippen molar-refractivity contribution in [2.75, 3.05) is 0 Å². The molecule has 0 bridgehead atoms. The second kappa shape index (κ2) is 2.87. The highest BCUT2D eigenvalue weighted by Crippen LogP contribution is 2.21. The van der Waals surface area contributed by atoms with Crippen LogP contribution in [0, 0.1) is 13.8 Å². The summed E-state index contributed by atoms with van der Waals surface area (Å²) in [4.78, 5) is 13.7. The number of H-pyrrole nitrogens is 1. The molecule has 0 saturated carbocycles. The molecule has 2 rings (SSSR count). The van der Waals surface area contributed by atoms with Gasteiger partial charge in [0, 0.05) is 16.6 Å². The van der Waals surface area contributed by atoms with Gasteiger partial charge in [-0.15, -0.1) is 0 Å². The van der Waals surface area contributed by atoms with Gasteiger partial charge in [-0.3, -0.25) is 0 Å². The molecule has 0 radical (unpaired) electrons. The number of rotatable bonds is 1. The van der Waals surface area contributed by atoms with Gasteiger partial charge in [0.1, 0.15) is 0 Å².